The Morgan fingerprint density at radius 2 is 1.66 bits per heavy atom. The van der Waals surface area contributed by atoms with E-state index in [0.717, 1.165) is 0 Å². The normalized spacial score (nSPS) is 10.7. The highest BCUT2D eigenvalue weighted by Crippen LogP contribution is 2.26. The van der Waals surface area contributed by atoms with Gasteiger partial charge in [-0.1, -0.05) is 24.3 Å². The number of rotatable bonds is 4. The molecule has 0 aliphatic rings. The molecule has 0 saturated carbocycles. The van der Waals surface area contributed by atoms with Crippen LogP contribution in [0, 0.1) is 5.82 Å². The van der Waals surface area contributed by atoms with Gasteiger partial charge in [0.25, 0.3) is 0 Å². The highest BCUT2D eigenvalue weighted by atomic mass is 19.1. The van der Waals surface area contributed by atoms with Gasteiger partial charge in [-0.2, -0.15) is 0 Å². The van der Waals surface area contributed by atoms with Crippen molar-refractivity contribution in [3.8, 4) is 22.6 Å². The Morgan fingerprint density at radius 1 is 0.931 bits per heavy atom. The molecule has 0 saturated heterocycles. The summed E-state index contributed by atoms with van der Waals surface area (Å²) in [6.07, 6.45) is 0. The van der Waals surface area contributed by atoms with Crippen molar-refractivity contribution in [1.29, 1.82) is 0 Å². The Kier molecular flexibility index (Phi) is 4.83. The maximum Gasteiger partial charge on any atom is 0.346 e. The first-order valence-electron chi connectivity index (χ1n) is 8.74. The minimum absolute atomic E-state index is 0.145. The molecule has 1 heterocycles. The summed E-state index contributed by atoms with van der Waals surface area (Å²) in [5.74, 6) is -0.681. The van der Waals surface area contributed by atoms with E-state index in [1.807, 2.05) is 0 Å². The maximum absolute atomic E-state index is 13.7. The van der Waals surface area contributed by atoms with Crippen LogP contribution in [0.4, 0.5) is 4.39 Å². The van der Waals surface area contributed by atoms with Crippen molar-refractivity contribution in [3.05, 3.63) is 94.6 Å². The predicted molar refractivity (Wildman–Crippen MR) is 106 cm³/mol. The van der Waals surface area contributed by atoms with E-state index < -0.39 is 17.4 Å². The summed E-state index contributed by atoms with van der Waals surface area (Å²) >= 11 is 0. The fourth-order valence-corrected chi connectivity index (χ4v) is 2.92. The van der Waals surface area contributed by atoms with Crippen LogP contribution in [0.15, 0.2) is 82.0 Å². The zero-order chi connectivity index (χ0) is 20.4. The summed E-state index contributed by atoms with van der Waals surface area (Å²) in [6, 6.07) is 18.9. The van der Waals surface area contributed by atoms with Crippen molar-refractivity contribution in [2.24, 2.45) is 0 Å². The lowest BCUT2D eigenvalue weighted by atomic mass is 10.1. The molecule has 0 bridgehead atoms. The fraction of sp³-hybridized carbons (Fsp3) is 0.0435. The van der Waals surface area contributed by atoms with Crippen LogP contribution in [0.3, 0.4) is 0 Å². The summed E-state index contributed by atoms with van der Waals surface area (Å²) in [5, 5.41) is 0.654. The fourth-order valence-electron chi connectivity index (χ4n) is 2.92. The summed E-state index contributed by atoms with van der Waals surface area (Å²) in [6.45, 7) is 0. The van der Waals surface area contributed by atoms with Crippen LogP contribution < -0.4 is 15.1 Å². The van der Waals surface area contributed by atoms with E-state index >= 15 is 0 Å². The molecule has 6 heteroatoms. The van der Waals surface area contributed by atoms with Crippen LogP contribution in [0.5, 0.6) is 11.5 Å². The molecule has 4 aromatic rings. The predicted octanol–water partition coefficient (Wildman–Crippen LogP) is 4.83. The second-order valence-electron chi connectivity index (χ2n) is 6.25. The standard InChI is InChI=1S/C23H15FO5/c1-27-16-9-6-14(7-10-16)19-12-15-8-11-17(13-21(15)29-23(19)26)28-22(25)18-4-2-3-5-20(18)24/h2-13H,1H3. The van der Waals surface area contributed by atoms with Crippen molar-refractivity contribution in [3.63, 3.8) is 0 Å². The molecule has 0 aliphatic heterocycles. The van der Waals surface area contributed by atoms with Gasteiger partial charge in [-0.3, -0.25) is 0 Å². The number of benzene rings is 3. The van der Waals surface area contributed by atoms with Gasteiger partial charge in [-0.25, -0.2) is 14.0 Å². The topological polar surface area (TPSA) is 65.7 Å². The van der Waals surface area contributed by atoms with Gasteiger partial charge in [0.05, 0.1) is 18.2 Å². The van der Waals surface area contributed by atoms with E-state index in [2.05, 4.69) is 0 Å². The number of hydrogen-bond donors (Lipinski definition) is 0. The first kappa shape index (κ1) is 18.4. The van der Waals surface area contributed by atoms with E-state index in [-0.39, 0.29) is 16.9 Å². The third-order valence-electron chi connectivity index (χ3n) is 4.41. The Labute approximate surface area is 164 Å². The van der Waals surface area contributed by atoms with Crippen molar-refractivity contribution in [1.82, 2.24) is 0 Å². The van der Waals surface area contributed by atoms with Crippen molar-refractivity contribution in [2.45, 2.75) is 0 Å². The first-order chi connectivity index (χ1) is 14.0. The average Bonchev–Trinajstić information content (AvgIpc) is 2.73. The number of hydrogen-bond acceptors (Lipinski definition) is 5. The van der Waals surface area contributed by atoms with E-state index in [9.17, 15) is 14.0 Å². The third-order valence-corrected chi connectivity index (χ3v) is 4.41. The van der Waals surface area contributed by atoms with E-state index in [1.165, 1.54) is 24.3 Å². The van der Waals surface area contributed by atoms with Gasteiger partial charge in [0, 0.05) is 11.5 Å². The highest BCUT2D eigenvalue weighted by Gasteiger charge is 2.15. The molecule has 0 spiro atoms. The minimum atomic E-state index is -0.834. The molecule has 4 rings (SSSR count). The smallest absolute Gasteiger partial charge is 0.346 e. The SMILES string of the molecule is COc1ccc(-c2cc3ccc(OC(=O)c4ccccc4F)cc3oc2=O)cc1. The summed E-state index contributed by atoms with van der Waals surface area (Å²) in [4.78, 5) is 24.6. The van der Waals surface area contributed by atoms with Gasteiger partial charge in [0.1, 0.15) is 22.9 Å². The Hall–Kier alpha value is -3.93. The summed E-state index contributed by atoms with van der Waals surface area (Å²) in [7, 11) is 1.57. The molecule has 29 heavy (non-hydrogen) atoms. The van der Waals surface area contributed by atoms with Crippen molar-refractivity contribution < 1.29 is 23.1 Å². The third kappa shape index (κ3) is 3.73. The molecular formula is C23H15FO5. The Bertz CT molecular complexity index is 1260. The molecule has 0 fully saturated rings. The molecule has 0 amide bonds. The van der Waals surface area contributed by atoms with Crippen LogP contribution in [-0.4, -0.2) is 13.1 Å². The van der Waals surface area contributed by atoms with Crippen molar-refractivity contribution in [2.75, 3.05) is 7.11 Å². The van der Waals surface area contributed by atoms with Crippen LogP contribution in [-0.2, 0) is 0 Å². The van der Waals surface area contributed by atoms with Gasteiger partial charge < -0.3 is 13.9 Å². The second kappa shape index (κ2) is 7.59. The molecular weight excluding hydrogens is 375 g/mol. The zero-order valence-electron chi connectivity index (χ0n) is 15.3. The van der Waals surface area contributed by atoms with Crippen molar-refractivity contribution >= 4 is 16.9 Å². The largest absolute Gasteiger partial charge is 0.497 e. The van der Waals surface area contributed by atoms with Crippen LogP contribution in [0.2, 0.25) is 0 Å². The lowest BCUT2D eigenvalue weighted by molar-refractivity contribution is 0.0730. The molecule has 144 valence electrons. The Morgan fingerprint density at radius 3 is 2.38 bits per heavy atom. The molecule has 0 radical (unpaired) electrons. The van der Waals surface area contributed by atoms with E-state index in [4.69, 9.17) is 13.9 Å². The average molecular weight is 390 g/mol. The first-order valence-corrected chi connectivity index (χ1v) is 8.74. The van der Waals surface area contributed by atoms with Gasteiger partial charge in [-0.05, 0) is 48.0 Å². The second-order valence-corrected chi connectivity index (χ2v) is 6.25. The lowest BCUT2D eigenvalue weighted by Crippen LogP contribution is -2.10. The van der Waals surface area contributed by atoms with Gasteiger partial charge in [0.15, 0.2) is 0 Å². The maximum atomic E-state index is 13.7. The number of carbonyl (C=O) groups excluding carboxylic acids is 1. The van der Waals surface area contributed by atoms with Gasteiger partial charge >= 0.3 is 11.6 Å². The summed E-state index contributed by atoms with van der Waals surface area (Å²) in [5.41, 5.74) is 0.642. The van der Waals surface area contributed by atoms with Crippen LogP contribution in [0.1, 0.15) is 10.4 Å². The number of halogens is 1. The van der Waals surface area contributed by atoms with Gasteiger partial charge in [0.2, 0.25) is 0 Å². The highest BCUT2D eigenvalue weighted by molar-refractivity contribution is 5.92. The van der Waals surface area contributed by atoms with E-state index in [1.54, 1.807) is 55.6 Å². The Balaban J connectivity index is 1.66. The quantitative estimate of drug-likeness (QED) is 0.284. The summed E-state index contributed by atoms with van der Waals surface area (Å²) < 4.78 is 29.5. The monoisotopic (exact) mass is 390 g/mol. The van der Waals surface area contributed by atoms with Crippen LogP contribution in [0.25, 0.3) is 22.1 Å². The van der Waals surface area contributed by atoms with Gasteiger partial charge in [-0.15, -0.1) is 0 Å². The number of esters is 1. The number of fused-ring (bicyclic) bond motifs is 1. The number of methoxy groups -OCH3 is 1. The number of ether oxygens (including phenoxy) is 2. The molecule has 0 unspecified atom stereocenters. The lowest BCUT2D eigenvalue weighted by Gasteiger charge is -2.07. The molecule has 1 aromatic heterocycles. The number of carbonyl (C=O) groups is 1. The molecule has 5 nitrogen and oxygen atoms in total. The van der Waals surface area contributed by atoms with E-state index in [0.29, 0.717) is 22.3 Å². The molecule has 0 aliphatic carbocycles. The van der Waals surface area contributed by atoms with Crippen LogP contribution >= 0.6 is 0 Å². The molecule has 0 atom stereocenters. The zero-order valence-corrected chi connectivity index (χ0v) is 15.3. The molecule has 3 aromatic carbocycles. The minimum Gasteiger partial charge on any atom is -0.497 e. The molecule has 0 N–H and O–H groups in total.